The first-order valence-corrected chi connectivity index (χ1v) is 6.06. The summed E-state index contributed by atoms with van der Waals surface area (Å²) in [6, 6.07) is 1.65. The number of ether oxygens (including phenoxy) is 1. The van der Waals surface area contributed by atoms with E-state index in [1.54, 1.807) is 12.3 Å². The highest BCUT2D eigenvalue weighted by Crippen LogP contribution is 2.34. The van der Waals surface area contributed by atoms with E-state index in [1.165, 1.54) is 10.9 Å². The molecule has 4 atom stereocenters. The molecule has 0 radical (unpaired) electrons. The maximum Gasteiger partial charge on any atom is 0.173 e. The van der Waals surface area contributed by atoms with Gasteiger partial charge < -0.3 is 19.5 Å². The molecule has 1 aliphatic heterocycles. The lowest BCUT2D eigenvalue weighted by Crippen LogP contribution is -2.30. The Morgan fingerprint density at radius 1 is 1.47 bits per heavy atom. The summed E-state index contributed by atoms with van der Waals surface area (Å²) in [5, 5.41) is 19.5. The number of hydrogen-bond donors (Lipinski definition) is 2. The summed E-state index contributed by atoms with van der Waals surface area (Å²) >= 11 is 5.91. The largest absolute Gasteiger partial charge is 0.394 e. The summed E-state index contributed by atoms with van der Waals surface area (Å²) < 4.78 is 20.8. The lowest BCUT2D eigenvalue weighted by atomic mass is 10.1. The summed E-state index contributed by atoms with van der Waals surface area (Å²) in [6.07, 6.45) is -2.19. The third-order valence-electron chi connectivity index (χ3n) is 3.21. The Balaban J connectivity index is 2.04. The predicted octanol–water partition coefficient (Wildman–Crippen LogP) is 0.673. The van der Waals surface area contributed by atoms with Gasteiger partial charge in [-0.2, -0.15) is 0 Å². The van der Waals surface area contributed by atoms with Crippen molar-refractivity contribution in [2.24, 2.45) is 0 Å². The lowest BCUT2D eigenvalue weighted by molar-refractivity contribution is -0.0457. The van der Waals surface area contributed by atoms with Crippen LogP contribution in [0.15, 0.2) is 18.6 Å². The fourth-order valence-corrected chi connectivity index (χ4v) is 2.41. The molecule has 0 aliphatic carbocycles. The summed E-state index contributed by atoms with van der Waals surface area (Å²) in [4.78, 5) is 7.86. The van der Waals surface area contributed by atoms with Gasteiger partial charge in [0.05, 0.1) is 12.0 Å². The number of halogens is 2. The number of alkyl halides is 1. The van der Waals surface area contributed by atoms with Gasteiger partial charge in [0, 0.05) is 6.20 Å². The van der Waals surface area contributed by atoms with E-state index in [2.05, 4.69) is 9.97 Å². The second-order valence-corrected chi connectivity index (χ2v) is 4.67. The van der Waals surface area contributed by atoms with Crippen LogP contribution >= 0.6 is 11.6 Å². The van der Waals surface area contributed by atoms with E-state index in [-0.39, 0.29) is 5.15 Å². The van der Waals surface area contributed by atoms with E-state index in [4.69, 9.17) is 21.4 Å². The molecule has 2 N–H and O–H groups in total. The van der Waals surface area contributed by atoms with Crippen LogP contribution < -0.4 is 0 Å². The number of aromatic nitrogens is 3. The van der Waals surface area contributed by atoms with Crippen LogP contribution in [0.5, 0.6) is 0 Å². The van der Waals surface area contributed by atoms with Crippen LogP contribution in [0, 0.1) is 0 Å². The number of nitrogens with zero attached hydrogens (tertiary/aromatic N) is 3. The Kier molecular flexibility index (Phi) is 3.14. The quantitative estimate of drug-likeness (QED) is 0.794. The van der Waals surface area contributed by atoms with Gasteiger partial charge >= 0.3 is 0 Å². The predicted molar refractivity (Wildman–Crippen MR) is 64.4 cm³/mol. The Morgan fingerprint density at radius 2 is 2.26 bits per heavy atom. The molecule has 0 amide bonds. The third kappa shape index (κ3) is 1.90. The molecule has 0 saturated carbocycles. The normalized spacial score (nSPS) is 31.2. The van der Waals surface area contributed by atoms with Gasteiger partial charge in [0.1, 0.15) is 29.3 Å². The van der Waals surface area contributed by atoms with Gasteiger partial charge in [-0.3, -0.25) is 0 Å². The van der Waals surface area contributed by atoms with E-state index in [0.717, 1.165) is 0 Å². The van der Waals surface area contributed by atoms with Gasteiger partial charge in [-0.1, -0.05) is 11.6 Å². The van der Waals surface area contributed by atoms with E-state index in [1.807, 2.05) is 0 Å². The zero-order valence-corrected chi connectivity index (χ0v) is 10.4. The monoisotopic (exact) mass is 287 g/mol. The van der Waals surface area contributed by atoms with Gasteiger partial charge in [0.25, 0.3) is 0 Å². The smallest absolute Gasteiger partial charge is 0.173 e. The van der Waals surface area contributed by atoms with Crippen LogP contribution in [-0.2, 0) is 4.74 Å². The highest BCUT2D eigenvalue weighted by Gasteiger charge is 2.45. The van der Waals surface area contributed by atoms with Crippen molar-refractivity contribution in [3.05, 3.63) is 23.7 Å². The number of fused-ring (bicyclic) bond motifs is 1. The molecule has 0 bridgehead atoms. The fraction of sp³-hybridized carbons (Fsp3) is 0.455. The molecule has 0 unspecified atom stereocenters. The molecular weight excluding hydrogens is 277 g/mol. The molecule has 8 heteroatoms. The molecule has 19 heavy (non-hydrogen) atoms. The molecule has 1 aliphatic rings. The van der Waals surface area contributed by atoms with Crippen LogP contribution in [0.25, 0.3) is 11.0 Å². The van der Waals surface area contributed by atoms with Crippen molar-refractivity contribution in [3.63, 3.8) is 0 Å². The maximum absolute atomic E-state index is 14.0. The van der Waals surface area contributed by atoms with Crippen LogP contribution in [0.4, 0.5) is 4.39 Å². The van der Waals surface area contributed by atoms with Crippen molar-refractivity contribution in [1.29, 1.82) is 0 Å². The highest BCUT2D eigenvalue weighted by atomic mass is 35.5. The van der Waals surface area contributed by atoms with Crippen LogP contribution in [0.1, 0.15) is 6.23 Å². The molecule has 1 saturated heterocycles. The molecule has 6 nitrogen and oxygen atoms in total. The van der Waals surface area contributed by atoms with E-state index in [0.29, 0.717) is 11.0 Å². The number of aliphatic hydroxyl groups is 2. The average Bonchev–Trinajstić information content (AvgIpc) is 2.94. The molecule has 2 aromatic rings. The molecule has 3 heterocycles. The number of rotatable bonds is 2. The molecule has 2 aromatic heterocycles. The molecule has 0 spiro atoms. The van der Waals surface area contributed by atoms with Crippen LogP contribution in [0.2, 0.25) is 5.15 Å². The molecule has 3 rings (SSSR count). The minimum absolute atomic E-state index is 0.261. The second kappa shape index (κ2) is 4.68. The van der Waals surface area contributed by atoms with Crippen LogP contribution in [-0.4, -0.2) is 49.7 Å². The fourth-order valence-electron chi connectivity index (χ4n) is 2.22. The first-order valence-electron chi connectivity index (χ1n) is 5.69. The summed E-state index contributed by atoms with van der Waals surface area (Å²) in [6.45, 7) is -0.451. The van der Waals surface area contributed by atoms with Crippen molar-refractivity contribution < 1.29 is 19.3 Å². The molecule has 0 aromatic carbocycles. The van der Waals surface area contributed by atoms with Crippen molar-refractivity contribution in [1.82, 2.24) is 14.5 Å². The highest BCUT2D eigenvalue weighted by molar-refractivity contribution is 6.33. The van der Waals surface area contributed by atoms with Crippen molar-refractivity contribution in [2.45, 2.75) is 24.6 Å². The summed E-state index contributed by atoms with van der Waals surface area (Å²) in [5.41, 5.74) is 0.415. The minimum atomic E-state index is -1.65. The van der Waals surface area contributed by atoms with Gasteiger partial charge in [0.2, 0.25) is 0 Å². The van der Waals surface area contributed by atoms with Gasteiger partial charge in [-0.05, 0) is 6.07 Å². The SMILES string of the molecule is OC[C@H]1O[C@H](n2ccc3c(Cl)ncnc32)[C@@H](F)[C@@H]1O. The van der Waals surface area contributed by atoms with Gasteiger partial charge in [0.15, 0.2) is 12.4 Å². The molecule has 1 fully saturated rings. The zero-order chi connectivity index (χ0) is 13.6. The first-order chi connectivity index (χ1) is 9.13. The summed E-state index contributed by atoms with van der Waals surface area (Å²) in [7, 11) is 0. The Bertz CT molecular complexity index is 608. The van der Waals surface area contributed by atoms with Crippen LogP contribution in [0.3, 0.4) is 0 Å². The van der Waals surface area contributed by atoms with Crippen molar-refractivity contribution >= 4 is 22.6 Å². The number of hydrogen-bond acceptors (Lipinski definition) is 5. The van der Waals surface area contributed by atoms with Crippen molar-refractivity contribution in [3.8, 4) is 0 Å². The van der Waals surface area contributed by atoms with E-state index >= 15 is 0 Å². The van der Waals surface area contributed by atoms with Gasteiger partial charge in [-0.15, -0.1) is 0 Å². The minimum Gasteiger partial charge on any atom is -0.394 e. The third-order valence-corrected chi connectivity index (χ3v) is 3.51. The molecular formula is C11H11ClFN3O3. The Hall–Kier alpha value is -1.28. The Labute approximate surface area is 112 Å². The second-order valence-electron chi connectivity index (χ2n) is 4.31. The number of aliphatic hydroxyl groups excluding tert-OH is 2. The maximum atomic E-state index is 14.0. The Morgan fingerprint density at radius 3 is 2.95 bits per heavy atom. The zero-order valence-electron chi connectivity index (χ0n) is 9.65. The van der Waals surface area contributed by atoms with E-state index in [9.17, 15) is 9.50 Å². The van der Waals surface area contributed by atoms with Crippen molar-refractivity contribution in [2.75, 3.05) is 6.61 Å². The average molecular weight is 288 g/mol. The first kappa shape index (κ1) is 12.7. The van der Waals surface area contributed by atoms with Gasteiger partial charge in [-0.25, -0.2) is 14.4 Å². The van der Waals surface area contributed by atoms with E-state index < -0.39 is 31.2 Å². The molecule has 102 valence electrons. The standard InChI is InChI=1S/C11H11ClFN3O3/c12-9-5-1-2-16(10(5)15-4-14-9)11-7(13)8(18)6(3-17)19-11/h1-2,4,6-8,11,17-18H,3H2/t6-,7+,8-,11+/m1/s1. The topological polar surface area (TPSA) is 80.4 Å². The summed E-state index contributed by atoms with van der Waals surface area (Å²) in [5.74, 6) is 0. The lowest BCUT2D eigenvalue weighted by Gasteiger charge is -2.15.